The van der Waals surface area contributed by atoms with Gasteiger partial charge in [0.15, 0.2) is 0 Å². The largest absolute Gasteiger partial charge is 0.458 e. The van der Waals surface area contributed by atoms with Gasteiger partial charge in [-0.3, -0.25) is 9.28 Å². The van der Waals surface area contributed by atoms with Crippen molar-refractivity contribution in [2.45, 2.75) is 38.0 Å². The van der Waals surface area contributed by atoms with Crippen molar-refractivity contribution in [3.05, 3.63) is 47.7 Å². The van der Waals surface area contributed by atoms with E-state index in [1.165, 1.54) is 17.7 Å². The minimum Gasteiger partial charge on any atom is -0.458 e. The second-order valence-corrected chi connectivity index (χ2v) is 6.01. The smallest absolute Gasteiger partial charge is 0.306 e. The summed E-state index contributed by atoms with van der Waals surface area (Å²) in [6, 6.07) is 11.4. The van der Waals surface area contributed by atoms with Gasteiger partial charge in [-0.15, -0.1) is 0 Å². The normalized spacial score (nSPS) is 35.8. The van der Waals surface area contributed by atoms with E-state index in [0.29, 0.717) is 6.42 Å². The summed E-state index contributed by atoms with van der Waals surface area (Å²) >= 11 is 0. The number of hydrogen-bond acceptors (Lipinski definition) is 2. The number of cyclic esters (lactones) is 1. The Hall–Kier alpha value is -1.61. The molecular formula is C16H18NO2+. The lowest BCUT2D eigenvalue weighted by atomic mass is 10.0. The number of carbonyl (C=O) groups is 1. The van der Waals surface area contributed by atoms with Gasteiger partial charge in [0.05, 0.1) is 6.20 Å². The molecule has 0 N–H and O–H groups in total. The van der Waals surface area contributed by atoms with Crippen molar-refractivity contribution in [1.82, 2.24) is 0 Å². The molecule has 2 saturated heterocycles. The molecule has 3 nitrogen and oxygen atoms in total. The summed E-state index contributed by atoms with van der Waals surface area (Å²) in [7, 11) is 0. The Morgan fingerprint density at radius 1 is 1.26 bits per heavy atom. The molecule has 0 spiro atoms. The molecule has 2 fully saturated rings. The van der Waals surface area contributed by atoms with E-state index >= 15 is 0 Å². The van der Waals surface area contributed by atoms with E-state index in [0.717, 1.165) is 29.9 Å². The predicted molar refractivity (Wildman–Crippen MR) is 70.9 cm³/mol. The van der Waals surface area contributed by atoms with E-state index < -0.39 is 0 Å². The minimum absolute atomic E-state index is 0.0314. The van der Waals surface area contributed by atoms with Crippen molar-refractivity contribution < 1.29 is 14.0 Å². The van der Waals surface area contributed by atoms with Crippen molar-refractivity contribution in [3.8, 4) is 0 Å². The van der Waals surface area contributed by atoms with Gasteiger partial charge in [0.2, 0.25) is 0 Å². The molecule has 4 rings (SSSR count). The van der Waals surface area contributed by atoms with E-state index in [-0.39, 0.29) is 12.1 Å². The standard InChI is InChI=1S/C16H18NO2/c18-16-7-6-15(19-16)13-8-14-11-17(14,10-13)9-12-4-2-1-3-5-12/h1-5,10,14-15H,6-9,11H2/q+1. The van der Waals surface area contributed by atoms with Gasteiger partial charge in [-0.25, -0.2) is 0 Å². The first-order valence-corrected chi connectivity index (χ1v) is 7.07. The van der Waals surface area contributed by atoms with Gasteiger partial charge in [-0.05, 0) is 6.42 Å². The Morgan fingerprint density at radius 3 is 2.84 bits per heavy atom. The summed E-state index contributed by atoms with van der Waals surface area (Å²) in [6.07, 6.45) is 5.03. The number of quaternary nitrogens is 1. The number of carbonyl (C=O) groups excluding carboxylic acids is 1. The Balaban J connectivity index is 1.52. The predicted octanol–water partition coefficient (Wildman–Crippen LogP) is 2.38. The van der Waals surface area contributed by atoms with Crippen molar-refractivity contribution in [1.29, 1.82) is 0 Å². The Kier molecular flexibility index (Phi) is 2.33. The summed E-state index contributed by atoms with van der Waals surface area (Å²) in [5, 5.41) is 0. The van der Waals surface area contributed by atoms with Gasteiger partial charge in [0, 0.05) is 24.0 Å². The molecule has 1 aromatic carbocycles. The first-order chi connectivity index (χ1) is 9.25. The highest BCUT2D eigenvalue weighted by molar-refractivity contribution is 5.72. The maximum absolute atomic E-state index is 11.2. The third-order valence-corrected chi connectivity index (χ3v) is 4.66. The number of rotatable bonds is 3. The van der Waals surface area contributed by atoms with Crippen LogP contribution >= 0.6 is 0 Å². The number of esters is 1. The van der Waals surface area contributed by atoms with Gasteiger partial charge in [0.25, 0.3) is 0 Å². The van der Waals surface area contributed by atoms with Crippen LogP contribution in [0.25, 0.3) is 0 Å². The number of hydrogen-bond donors (Lipinski definition) is 0. The summed E-state index contributed by atoms with van der Waals surface area (Å²) in [6.45, 7) is 2.33. The zero-order chi connectivity index (χ0) is 12.9. The van der Waals surface area contributed by atoms with E-state index in [9.17, 15) is 4.79 Å². The second-order valence-electron chi connectivity index (χ2n) is 6.01. The summed E-state index contributed by atoms with van der Waals surface area (Å²) in [5.41, 5.74) is 2.75. The molecule has 0 saturated carbocycles. The lowest BCUT2D eigenvalue weighted by Gasteiger charge is -2.13. The molecule has 0 bridgehead atoms. The SMILES string of the molecule is O=C1CCC(C2=C[N+]3(Cc4ccccc4)CC3C2)O1. The number of ether oxygens (including phenoxy) is 1. The highest BCUT2D eigenvalue weighted by Crippen LogP contribution is 2.47. The number of benzene rings is 1. The van der Waals surface area contributed by atoms with Crippen molar-refractivity contribution in [3.63, 3.8) is 0 Å². The molecule has 98 valence electrons. The van der Waals surface area contributed by atoms with E-state index in [1.807, 2.05) is 0 Å². The van der Waals surface area contributed by atoms with Gasteiger partial charge in [-0.2, -0.15) is 0 Å². The van der Waals surface area contributed by atoms with Gasteiger partial charge in [-0.1, -0.05) is 30.3 Å². The maximum Gasteiger partial charge on any atom is 0.306 e. The molecule has 0 aromatic heterocycles. The number of fused-ring (bicyclic) bond motifs is 1. The first-order valence-electron chi connectivity index (χ1n) is 7.07. The lowest BCUT2D eigenvalue weighted by Crippen LogP contribution is -2.18. The van der Waals surface area contributed by atoms with Crippen LogP contribution in [0.2, 0.25) is 0 Å². The van der Waals surface area contributed by atoms with Crippen LogP contribution < -0.4 is 0 Å². The van der Waals surface area contributed by atoms with Gasteiger partial charge < -0.3 is 4.74 Å². The lowest BCUT2D eigenvalue weighted by molar-refractivity contribution is -0.768. The fourth-order valence-electron chi connectivity index (χ4n) is 3.57. The third-order valence-electron chi connectivity index (χ3n) is 4.66. The average Bonchev–Trinajstić information content (AvgIpc) is 2.76. The van der Waals surface area contributed by atoms with E-state index in [1.54, 1.807) is 0 Å². The van der Waals surface area contributed by atoms with Gasteiger partial charge >= 0.3 is 5.97 Å². The van der Waals surface area contributed by atoms with Crippen LogP contribution in [0.4, 0.5) is 0 Å². The van der Waals surface area contributed by atoms with Crippen LogP contribution in [0.3, 0.4) is 0 Å². The van der Waals surface area contributed by atoms with Crippen LogP contribution in [0.1, 0.15) is 24.8 Å². The fourth-order valence-corrected chi connectivity index (χ4v) is 3.57. The quantitative estimate of drug-likeness (QED) is 0.471. The molecule has 0 aliphatic carbocycles. The molecule has 3 unspecified atom stereocenters. The van der Waals surface area contributed by atoms with Crippen molar-refractivity contribution in [2.24, 2.45) is 0 Å². The van der Waals surface area contributed by atoms with E-state index in [2.05, 4.69) is 36.5 Å². The molecule has 3 heteroatoms. The highest BCUT2D eigenvalue weighted by atomic mass is 16.5. The number of nitrogens with zero attached hydrogens (tertiary/aromatic N) is 1. The molecule has 19 heavy (non-hydrogen) atoms. The van der Waals surface area contributed by atoms with Crippen LogP contribution in [-0.4, -0.2) is 29.1 Å². The average molecular weight is 256 g/mol. The molecule has 3 aliphatic heterocycles. The molecule has 0 amide bonds. The van der Waals surface area contributed by atoms with Crippen molar-refractivity contribution in [2.75, 3.05) is 6.54 Å². The second kappa shape index (κ2) is 3.94. The third kappa shape index (κ3) is 1.89. The molecule has 0 radical (unpaired) electrons. The molecular weight excluding hydrogens is 238 g/mol. The highest BCUT2D eigenvalue weighted by Gasteiger charge is 2.59. The van der Waals surface area contributed by atoms with Gasteiger partial charge in [0.1, 0.15) is 25.2 Å². The first kappa shape index (κ1) is 11.2. The Morgan fingerprint density at radius 2 is 2.11 bits per heavy atom. The Bertz CT molecular complexity index is 551. The minimum atomic E-state index is -0.0314. The summed E-state index contributed by atoms with van der Waals surface area (Å²) < 4.78 is 6.47. The zero-order valence-electron chi connectivity index (χ0n) is 10.9. The molecule has 3 atom stereocenters. The van der Waals surface area contributed by atoms with Crippen LogP contribution in [0.15, 0.2) is 42.1 Å². The molecule has 3 aliphatic rings. The molecule has 1 aromatic rings. The zero-order valence-corrected chi connectivity index (χ0v) is 10.9. The molecule has 3 heterocycles. The summed E-state index contributed by atoms with van der Waals surface area (Å²) in [4.78, 5) is 11.2. The maximum atomic E-state index is 11.2. The van der Waals surface area contributed by atoms with Crippen molar-refractivity contribution >= 4 is 5.97 Å². The monoisotopic (exact) mass is 256 g/mol. The van der Waals surface area contributed by atoms with Crippen LogP contribution in [-0.2, 0) is 16.1 Å². The Labute approximate surface area is 113 Å². The summed E-state index contributed by atoms with van der Waals surface area (Å²) in [5.74, 6) is -0.0314. The van der Waals surface area contributed by atoms with E-state index in [4.69, 9.17) is 4.74 Å². The van der Waals surface area contributed by atoms with Crippen LogP contribution in [0, 0.1) is 0 Å². The van der Waals surface area contributed by atoms with Crippen LogP contribution in [0.5, 0.6) is 0 Å². The fraction of sp³-hybridized carbons (Fsp3) is 0.438. The topological polar surface area (TPSA) is 26.3 Å².